The van der Waals surface area contributed by atoms with Gasteiger partial charge in [-0.2, -0.15) is 4.98 Å². The molecule has 0 atom stereocenters. The molecule has 4 nitrogen and oxygen atoms in total. The summed E-state index contributed by atoms with van der Waals surface area (Å²) in [6.07, 6.45) is 0. The first-order chi connectivity index (χ1) is 8.74. The van der Waals surface area contributed by atoms with Crippen LogP contribution in [0.3, 0.4) is 0 Å². The second-order valence-electron chi connectivity index (χ2n) is 3.82. The van der Waals surface area contributed by atoms with Gasteiger partial charge in [0.2, 0.25) is 11.8 Å². The molecule has 1 aromatic heterocycles. The lowest BCUT2D eigenvalue weighted by Crippen LogP contribution is -2.08. The average molecular weight is 242 g/mol. The number of benzene rings is 1. The minimum atomic E-state index is -0.150. The van der Waals surface area contributed by atoms with Crippen molar-refractivity contribution < 1.29 is 9.53 Å². The number of aromatic nitrogens is 1. The van der Waals surface area contributed by atoms with E-state index in [-0.39, 0.29) is 5.91 Å². The van der Waals surface area contributed by atoms with E-state index >= 15 is 0 Å². The Kier molecular flexibility index (Phi) is 3.91. The van der Waals surface area contributed by atoms with Crippen molar-refractivity contribution in [2.45, 2.75) is 13.5 Å². The van der Waals surface area contributed by atoms with Gasteiger partial charge in [-0.1, -0.05) is 36.4 Å². The minimum absolute atomic E-state index is 0.150. The van der Waals surface area contributed by atoms with Crippen LogP contribution >= 0.6 is 0 Å². The SMILES string of the molecule is CC(=O)Nc1cccc(OCc2ccccc2)n1. The van der Waals surface area contributed by atoms with E-state index in [1.165, 1.54) is 6.92 Å². The number of amides is 1. The monoisotopic (exact) mass is 242 g/mol. The standard InChI is InChI=1S/C14H14N2O2/c1-11(17)15-13-8-5-9-14(16-13)18-10-12-6-3-2-4-7-12/h2-9H,10H2,1H3,(H,15,16,17). The van der Waals surface area contributed by atoms with Crippen molar-refractivity contribution in [3.05, 3.63) is 54.1 Å². The van der Waals surface area contributed by atoms with Gasteiger partial charge in [0.1, 0.15) is 12.4 Å². The molecule has 0 fully saturated rings. The number of hydrogen-bond donors (Lipinski definition) is 1. The first kappa shape index (κ1) is 12.1. The van der Waals surface area contributed by atoms with Gasteiger partial charge >= 0.3 is 0 Å². The summed E-state index contributed by atoms with van der Waals surface area (Å²) in [5.74, 6) is 0.834. The molecule has 0 spiro atoms. The minimum Gasteiger partial charge on any atom is -0.473 e. The molecule has 4 heteroatoms. The Bertz CT molecular complexity index is 526. The van der Waals surface area contributed by atoms with E-state index in [0.717, 1.165) is 5.56 Å². The number of nitrogens with zero attached hydrogens (tertiary/aromatic N) is 1. The van der Waals surface area contributed by atoms with Gasteiger partial charge in [-0.25, -0.2) is 0 Å². The Hall–Kier alpha value is -2.36. The molecule has 0 aliphatic heterocycles. The summed E-state index contributed by atoms with van der Waals surface area (Å²) < 4.78 is 5.55. The van der Waals surface area contributed by atoms with E-state index in [9.17, 15) is 4.79 Å². The molecule has 0 unspecified atom stereocenters. The normalized spacial score (nSPS) is 9.83. The lowest BCUT2D eigenvalue weighted by molar-refractivity contribution is -0.114. The fourth-order valence-electron chi connectivity index (χ4n) is 1.48. The van der Waals surface area contributed by atoms with E-state index in [0.29, 0.717) is 18.3 Å². The Labute approximate surface area is 106 Å². The molecule has 0 saturated carbocycles. The maximum Gasteiger partial charge on any atom is 0.222 e. The Balaban J connectivity index is 1.99. The fraction of sp³-hybridized carbons (Fsp3) is 0.143. The van der Waals surface area contributed by atoms with Crippen LogP contribution in [0, 0.1) is 0 Å². The topological polar surface area (TPSA) is 51.2 Å². The van der Waals surface area contributed by atoms with Crippen molar-refractivity contribution >= 4 is 11.7 Å². The van der Waals surface area contributed by atoms with Gasteiger partial charge in [-0.05, 0) is 11.6 Å². The molecule has 0 aliphatic carbocycles. The van der Waals surface area contributed by atoms with Gasteiger partial charge in [0.15, 0.2) is 0 Å². The second-order valence-corrected chi connectivity index (χ2v) is 3.82. The molecule has 1 amide bonds. The highest BCUT2D eigenvalue weighted by molar-refractivity contribution is 5.87. The van der Waals surface area contributed by atoms with Crippen LogP contribution < -0.4 is 10.1 Å². The molecule has 1 heterocycles. The van der Waals surface area contributed by atoms with E-state index < -0.39 is 0 Å². The highest BCUT2D eigenvalue weighted by Gasteiger charge is 2.00. The first-order valence-corrected chi connectivity index (χ1v) is 5.65. The van der Waals surface area contributed by atoms with E-state index in [1.54, 1.807) is 18.2 Å². The maximum absolute atomic E-state index is 10.9. The van der Waals surface area contributed by atoms with Crippen LogP contribution in [0.2, 0.25) is 0 Å². The van der Waals surface area contributed by atoms with Gasteiger partial charge in [0.25, 0.3) is 0 Å². The molecule has 0 saturated heterocycles. The summed E-state index contributed by atoms with van der Waals surface area (Å²) in [6, 6.07) is 15.1. The van der Waals surface area contributed by atoms with Crippen molar-refractivity contribution in [1.82, 2.24) is 4.98 Å². The third kappa shape index (κ3) is 3.59. The van der Waals surface area contributed by atoms with Crippen LogP contribution in [0.1, 0.15) is 12.5 Å². The van der Waals surface area contributed by atoms with Gasteiger partial charge < -0.3 is 10.1 Å². The Morgan fingerprint density at radius 1 is 1.17 bits per heavy atom. The number of pyridine rings is 1. The van der Waals surface area contributed by atoms with Gasteiger partial charge in [-0.15, -0.1) is 0 Å². The maximum atomic E-state index is 10.9. The third-order valence-corrected chi connectivity index (χ3v) is 2.26. The van der Waals surface area contributed by atoms with Crippen LogP contribution in [0.4, 0.5) is 5.82 Å². The lowest BCUT2D eigenvalue weighted by atomic mass is 10.2. The number of hydrogen-bond acceptors (Lipinski definition) is 3. The van der Waals surface area contributed by atoms with Crippen molar-refractivity contribution in [2.24, 2.45) is 0 Å². The summed E-state index contributed by atoms with van der Waals surface area (Å²) in [5.41, 5.74) is 1.07. The molecule has 0 bridgehead atoms. The predicted octanol–water partition coefficient (Wildman–Crippen LogP) is 2.62. The van der Waals surface area contributed by atoms with Crippen molar-refractivity contribution in [3.8, 4) is 5.88 Å². The van der Waals surface area contributed by atoms with E-state index in [4.69, 9.17) is 4.74 Å². The van der Waals surface area contributed by atoms with Crippen molar-refractivity contribution in [2.75, 3.05) is 5.32 Å². The fourth-order valence-corrected chi connectivity index (χ4v) is 1.48. The Morgan fingerprint density at radius 2 is 1.94 bits per heavy atom. The summed E-state index contributed by atoms with van der Waals surface area (Å²) in [7, 11) is 0. The van der Waals surface area contributed by atoms with E-state index in [1.807, 2.05) is 30.3 Å². The quantitative estimate of drug-likeness (QED) is 0.896. The molecule has 18 heavy (non-hydrogen) atoms. The second kappa shape index (κ2) is 5.82. The molecule has 92 valence electrons. The average Bonchev–Trinajstić information content (AvgIpc) is 2.37. The van der Waals surface area contributed by atoms with Crippen LogP contribution in [0.5, 0.6) is 5.88 Å². The summed E-state index contributed by atoms with van der Waals surface area (Å²) in [6.45, 7) is 1.90. The molecular weight excluding hydrogens is 228 g/mol. The molecule has 0 aliphatic rings. The number of rotatable bonds is 4. The van der Waals surface area contributed by atoms with Crippen molar-refractivity contribution in [1.29, 1.82) is 0 Å². The number of carbonyl (C=O) groups excluding carboxylic acids is 1. The largest absolute Gasteiger partial charge is 0.473 e. The summed E-state index contributed by atoms with van der Waals surface area (Å²) >= 11 is 0. The number of nitrogens with one attached hydrogen (secondary N) is 1. The molecule has 1 aromatic carbocycles. The first-order valence-electron chi connectivity index (χ1n) is 5.65. The zero-order chi connectivity index (χ0) is 12.8. The third-order valence-electron chi connectivity index (χ3n) is 2.26. The molecule has 2 rings (SSSR count). The predicted molar refractivity (Wildman–Crippen MR) is 69.3 cm³/mol. The lowest BCUT2D eigenvalue weighted by Gasteiger charge is -2.07. The number of ether oxygens (including phenoxy) is 1. The molecular formula is C14H14N2O2. The number of anilines is 1. The van der Waals surface area contributed by atoms with Crippen LogP contribution in [0.15, 0.2) is 48.5 Å². The van der Waals surface area contributed by atoms with Crippen LogP contribution in [0.25, 0.3) is 0 Å². The smallest absolute Gasteiger partial charge is 0.222 e. The van der Waals surface area contributed by atoms with Gasteiger partial charge in [0, 0.05) is 13.0 Å². The summed E-state index contributed by atoms with van der Waals surface area (Å²) in [4.78, 5) is 15.1. The highest BCUT2D eigenvalue weighted by atomic mass is 16.5. The summed E-state index contributed by atoms with van der Waals surface area (Å²) in [5, 5.41) is 2.61. The molecule has 2 aromatic rings. The zero-order valence-electron chi connectivity index (χ0n) is 10.1. The van der Waals surface area contributed by atoms with Crippen molar-refractivity contribution in [3.63, 3.8) is 0 Å². The molecule has 0 radical (unpaired) electrons. The van der Waals surface area contributed by atoms with E-state index in [2.05, 4.69) is 10.3 Å². The highest BCUT2D eigenvalue weighted by Crippen LogP contribution is 2.13. The zero-order valence-corrected chi connectivity index (χ0v) is 10.1. The number of carbonyl (C=O) groups is 1. The van der Waals surface area contributed by atoms with Crippen LogP contribution in [-0.4, -0.2) is 10.9 Å². The van der Waals surface area contributed by atoms with Gasteiger partial charge in [-0.3, -0.25) is 4.79 Å². The Morgan fingerprint density at radius 3 is 2.67 bits per heavy atom. The molecule has 1 N–H and O–H groups in total. The van der Waals surface area contributed by atoms with Gasteiger partial charge in [0.05, 0.1) is 0 Å². The van der Waals surface area contributed by atoms with Crippen LogP contribution in [-0.2, 0) is 11.4 Å².